The highest BCUT2D eigenvalue weighted by molar-refractivity contribution is 7.80. The summed E-state index contributed by atoms with van der Waals surface area (Å²) in [5.41, 5.74) is 6.03. The van der Waals surface area contributed by atoms with Gasteiger partial charge >= 0.3 is 5.97 Å². The summed E-state index contributed by atoms with van der Waals surface area (Å²) in [6.45, 7) is 0.495. The third-order valence-electron chi connectivity index (χ3n) is 2.58. The lowest BCUT2D eigenvalue weighted by molar-refractivity contribution is -0.139. The van der Waals surface area contributed by atoms with Gasteiger partial charge in [-0.2, -0.15) is 0 Å². The Kier molecular flexibility index (Phi) is 6.45. The molecule has 0 bridgehead atoms. The minimum Gasteiger partial charge on any atom is -0.480 e. The van der Waals surface area contributed by atoms with Gasteiger partial charge in [-0.1, -0.05) is 30.3 Å². The minimum absolute atomic E-state index is 0.00867. The Labute approximate surface area is 122 Å². The third kappa shape index (κ3) is 6.14. The Morgan fingerprint density at radius 2 is 1.95 bits per heavy atom. The first kappa shape index (κ1) is 15.9. The lowest BCUT2D eigenvalue weighted by atomic mass is 10.1. The maximum absolute atomic E-state index is 11.0. The maximum Gasteiger partial charge on any atom is 0.326 e. The van der Waals surface area contributed by atoms with Crippen molar-refractivity contribution in [2.75, 3.05) is 0 Å². The number of carbonyl (C=O) groups is 2. The Bertz CT molecular complexity index is 479. The number of benzene rings is 1. The molecule has 1 atom stereocenters. The number of rotatable bonds is 7. The van der Waals surface area contributed by atoms with Gasteiger partial charge in [0.1, 0.15) is 6.04 Å². The standard InChI is InChI=1S/C13H17N3O3S/c14-11(17)7-6-10(12(18)19)16-13(20)15-8-9-4-2-1-3-5-9/h1-5,10H,6-8H2,(H2,14,17)(H,18,19)(H2,15,16,20)/t10-/m0/s1. The van der Waals surface area contributed by atoms with E-state index in [4.69, 9.17) is 23.1 Å². The average molecular weight is 295 g/mol. The first-order chi connectivity index (χ1) is 9.49. The summed E-state index contributed by atoms with van der Waals surface area (Å²) < 4.78 is 0. The maximum atomic E-state index is 11.0. The van der Waals surface area contributed by atoms with Crippen LogP contribution in [0.4, 0.5) is 0 Å². The fraction of sp³-hybridized carbons (Fsp3) is 0.308. The van der Waals surface area contributed by atoms with E-state index in [9.17, 15) is 9.59 Å². The summed E-state index contributed by atoms with van der Waals surface area (Å²) in [5.74, 6) is -1.61. The van der Waals surface area contributed by atoms with Crippen molar-refractivity contribution in [3.63, 3.8) is 0 Å². The Morgan fingerprint density at radius 3 is 2.50 bits per heavy atom. The van der Waals surface area contributed by atoms with E-state index in [1.807, 2.05) is 30.3 Å². The second kappa shape index (κ2) is 8.11. The fourth-order valence-corrected chi connectivity index (χ4v) is 1.75. The van der Waals surface area contributed by atoms with Gasteiger partial charge in [-0.15, -0.1) is 0 Å². The van der Waals surface area contributed by atoms with Crippen molar-refractivity contribution in [1.29, 1.82) is 0 Å². The highest BCUT2D eigenvalue weighted by Gasteiger charge is 2.18. The van der Waals surface area contributed by atoms with E-state index in [2.05, 4.69) is 10.6 Å². The number of carbonyl (C=O) groups excluding carboxylic acids is 1. The number of nitrogens with two attached hydrogens (primary N) is 1. The van der Waals surface area contributed by atoms with Crippen LogP contribution in [-0.4, -0.2) is 28.1 Å². The van der Waals surface area contributed by atoms with E-state index < -0.39 is 17.9 Å². The van der Waals surface area contributed by atoms with E-state index in [-0.39, 0.29) is 18.0 Å². The molecule has 1 aromatic rings. The van der Waals surface area contributed by atoms with E-state index in [1.165, 1.54) is 0 Å². The molecule has 7 heteroatoms. The largest absolute Gasteiger partial charge is 0.480 e. The van der Waals surface area contributed by atoms with Crippen LogP contribution in [0.2, 0.25) is 0 Å². The van der Waals surface area contributed by atoms with Crippen molar-refractivity contribution in [3.8, 4) is 0 Å². The number of nitrogens with one attached hydrogen (secondary N) is 2. The molecule has 0 aliphatic carbocycles. The molecule has 0 saturated heterocycles. The Balaban J connectivity index is 2.41. The van der Waals surface area contributed by atoms with Crippen molar-refractivity contribution < 1.29 is 14.7 Å². The smallest absolute Gasteiger partial charge is 0.326 e. The second-order valence-corrected chi connectivity index (χ2v) is 4.62. The van der Waals surface area contributed by atoms with E-state index in [0.29, 0.717) is 6.54 Å². The molecule has 0 unspecified atom stereocenters. The van der Waals surface area contributed by atoms with E-state index in [0.717, 1.165) is 5.56 Å². The van der Waals surface area contributed by atoms with Crippen LogP contribution in [0, 0.1) is 0 Å². The first-order valence-corrected chi connectivity index (χ1v) is 6.49. The number of aliphatic carboxylic acids is 1. The van der Waals surface area contributed by atoms with Crippen LogP contribution in [0.5, 0.6) is 0 Å². The van der Waals surface area contributed by atoms with Crippen LogP contribution in [-0.2, 0) is 16.1 Å². The van der Waals surface area contributed by atoms with Gasteiger partial charge in [0.25, 0.3) is 0 Å². The highest BCUT2D eigenvalue weighted by atomic mass is 32.1. The average Bonchev–Trinajstić information content (AvgIpc) is 2.41. The van der Waals surface area contributed by atoms with Crippen molar-refractivity contribution in [2.24, 2.45) is 5.73 Å². The van der Waals surface area contributed by atoms with Crippen LogP contribution in [0.3, 0.4) is 0 Å². The molecule has 108 valence electrons. The molecule has 0 aromatic heterocycles. The topological polar surface area (TPSA) is 104 Å². The number of hydrogen-bond donors (Lipinski definition) is 4. The molecule has 20 heavy (non-hydrogen) atoms. The molecule has 1 rings (SSSR count). The number of primary amides is 1. The van der Waals surface area contributed by atoms with Gasteiger partial charge in [0.15, 0.2) is 5.11 Å². The molecule has 6 nitrogen and oxygen atoms in total. The summed E-state index contributed by atoms with van der Waals surface area (Å²) in [6.07, 6.45) is 0.0864. The number of thiocarbonyl (C=S) groups is 1. The van der Waals surface area contributed by atoms with Gasteiger partial charge in [0.05, 0.1) is 0 Å². The SMILES string of the molecule is NC(=O)CC[C@H](NC(=S)NCc1ccccc1)C(=O)O. The molecule has 0 fully saturated rings. The monoisotopic (exact) mass is 295 g/mol. The van der Waals surface area contributed by atoms with Crippen LogP contribution >= 0.6 is 12.2 Å². The summed E-state index contributed by atoms with van der Waals surface area (Å²) >= 11 is 5.03. The van der Waals surface area contributed by atoms with Crippen molar-refractivity contribution >= 4 is 29.2 Å². The molecule has 1 aromatic carbocycles. The molecule has 0 aliphatic heterocycles. The number of hydrogen-bond acceptors (Lipinski definition) is 3. The summed E-state index contributed by atoms with van der Waals surface area (Å²) in [4.78, 5) is 21.7. The molecule has 0 heterocycles. The van der Waals surface area contributed by atoms with Gasteiger partial charge in [-0.25, -0.2) is 4.79 Å². The van der Waals surface area contributed by atoms with Gasteiger partial charge in [-0.05, 0) is 24.2 Å². The normalized spacial score (nSPS) is 11.4. The molecule has 0 radical (unpaired) electrons. The Hall–Kier alpha value is -2.15. The predicted octanol–water partition coefficient (Wildman–Crippen LogP) is 0.369. The number of carboxylic acids is 1. The molecular weight excluding hydrogens is 278 g/mol. The zero-order valence-electron chi connectivity index (χ0n) is 10.8. The summed E-state index contributed by atoms with van der Waals surface area (Å²) in [7, 11) is 0. The van der Waals surface area contributed by atoms with Gasteiger partial charge in [0, 0.05) is 13.0 Å². The van der Waals surface area contributed by atoms with Gasteiger partial charge in [-0.3, -0.25) is 4.79 Å². The van der Waals surface area contributed by atoms with Crippen LogP contribution < -0.4 is 16.4 Å². The quantitative estimate of drug-likeness (QED) is 0.542. The van der Waals surface area contributed by atoms with Crippen molar-refractivity contribution in [1.82, 2.24) is 10.6 Å². The molecule has 0 saturated carbocycles. The molecule has 1 amide bonds. The molecule has 5 N–H and O–H groups in total. The number of carboxylic acid groups (broad SMARTS) is 1. The Morgan fingerprint density at radius 1 is 1.30 bits per heavy atom. The molecule has 0 aliphatic rings. The third-order valence-corrected chi connectivity index (χ3v) is 2.84. The summed E-state index contributed by atoms with van der Waals surface area (Å²) in [6, 6.07) is 8.64. The fourth-order valence-electron chi connectivity index (χ4n) is 1.53. The number of amides is 1. The highest BCUT2D eigenvalue weighted by Crippen LogP contribution is 1.99. The predicted molar refractivity (Wildman–Crippen MR) is 78.9 cm³/mol. The van der Waals surface area contributed by atoms with Gasteiger partial charge in [0.2, 0.25) is 5.91 Å². The molecular formula is C13H17N3O3S. The van der Waals surface area contributed by atoms with E-state index >= 15 is 0 Å². The van der Waals surface area contributed by atoms with Crippen LogP contribution in [0.25, 0.3) is 0 Å². The first-order valence-electron chi connectivity index (χ1n) is 6.08. The minimum atomic E-state index is -1.07. The van der Waals surface area contributed by atoms with Crippen molar-refractivity contribution in [3.05, 3.63) is 35.9 Å². The van der Waals surface area contributed by atoms with E-state index in [1.54, 1.807) is 0 Å². The van der Waals surface area contributed by atoms with Crippen molar-refractivity contribution in [2.45, 2.75) is 25.4 Å². The zero-order chi connectivity index (χ0) is 15.0. The zero-order valence-corrected chi connectivity index (χ0v) is 11.7. The lowest BCUT2D eigenvalue weighted by Gasteiger charge is -2.16. The molecule has 0 spiro atoms. The second-order valence-electron chi connectivity index (χ2n) is 4.21. The summed E-state index contributed by atoms with van der Waals surface area (Å²) in [5, 5.41) is 14.8. The lowest BCUT2D eigenvalue weighted by Crippen LogP contribution is -2.46. The van der Waals surface area contributed by atoms with Crippen LogP contribution in [0.15, 0.2) is 30.3 Å². The van der Waals surface area contributed by atoms with Gasteiger partial charge < -0.3 is 21.5 Å². The van der Waals surface area contributed by atoms with Crippen LogP contribution in [0.1, 0.15) is 18.4 Å².